The highest BCUT2D eigenvalue weighted by atomic mass is 32.2. The lowest BCUT2D eigenvalue weighted by atomic mass is 10.1. The second-order valence-corrected chi connectivity index (χ2v) is 5.12. The lowest BCUT2D eigenvalue weighted by Crippen LogP contribution is -2.19. The smallest absolute Gasteiger partial charge is 0.157 e. The first-order chi connectivity index (χ1) is 5.08. The average Bonchev–Trinajstić information content (AvgIpc) is 2.28. The van der Waals surface area contributed by atoms with E-state index in [0.29, 0.717) is 18.4 Å². The summed E-state index contributed by atoms with van der Waals surface area (Å²) >= 11 is 0. The van der Waals surface area contributed by atoms with E-state index in [0.717, 1.165) is 0 Å². The molecular weight excluding hydrogens is 164 g/mol. The van der Waals surface area contributed by atoms with Gasteiger partial charge in [0.25, 0.3) is 0 Å². The fraction of sp³-hybridized carbons (Fsp3) is 0.714. The summed E-state index contributed by atoms with van der Waals surface area (Å²) < 4.78 is 22.4. The molecule has 0 aromatic rings. The van der Waals surface area contributed by atoms with Crippen LogP contribution in [0.3, 0.4) is 0 Å². The van der Waals surface area contributed by atoms with Gasteiger partial charge in [-0.05, 0) is 18.4 Å². The molecule has 1 fully saturated rings. The number of rotatable bonds is 2. The highest BCUT2D eigenvalue weighted by molar-refractivity contribution is 7.92. The van der Waals surface area contributed by atoms with Crippen molar-refractivity contribution < 1.29 is 13.5 Å². The van der Waals surface area contributed by atoms with Crippen molar-refractivity contribution in [3.8, 4) is 0 Å². The molecule has 0 saturated carbocycles. The van der Waals surface area contributed by atoms with Gasteiger partial charge in [0.1, 0.15) is 0 Å². The van der Waals surface area contributed by atoms with Gasteiger partial charge >= 0.3 is 0 Å². The van der Waals surface area contributed by atoms with Crippen molar-refractivity contribution in [3.63, 3.8) is 0 Å². The summed E-state index contributed by atoms with van der Waals surface area (Å²) in [5, 5.41) is 8.18. The van der Waals surface area contributed by atoms with Crippen molar-refractivity contribution in [2.75, 3.05) is 12.4 Å². The molecule has 1 N–H and O–H groups in total. The Labute approximate surface area is 66.7 Å². The van der Waals surface area contributed by atoms with Crippen LogP contribution in [0.2, 0.25) is 0 Å². The first-order valence-corrected chi connectivity index (χ1v) is 5.29. The Hall–Kier alpha value is -0.350. The molecule has 0 aliphatic carbocycles. The fourth-order valence-corrected chi connectivity index (χ4v) is 3.31. The minimum absolute atomic E-state index is 0.218. The highest BCUT2D eigenvalue weighted by Gasteiger charge is 2.32. The third kappa shape index (κ3) is 1.62. The number of hydrogen-bond donors (Lipinski definition) is 1. The summed E-state index contributed by atoms with van der Waals surface area (Å²) in [5.41, 5.74) is 0.433. The van der Waals surface area contributed by atoms with Gasteiger partial charge in [-0.3, -0.25) is 0 Å². The van der Waals surface area contributed by atoms with Gasteiger partial charge in [0.15, 0.2) is 9.84 Å². The maximum absolute atomic E-state index is 11.2. The lowest BCUT2D eigenvalue weighted by molar-refractivity contribution is 0.327. The Morgan fingerprint density at radius 1 is 1.64 bits per heavy atom. The molecule has 1 aliphatic rings. The summed E-state index contributed by atoms with van der Waals surface area (Å²) in [7, 11) is -2.96. The quantitative estimate of drug-likeness (QED) is 0.608. The maximum Gasteiger partial charge on any atom is 0.157 e. The molecule has 0 amide bonds. The Morgan fingerprint density at radius 3 is 2.64 bits per heavy atom. The minimum Gasteiger partial charge on any atom is -0.392 e. The first kappa shape index (κ1) is 8.74. The molecule has 11 heavy (non-hydrogen) atoms. The first-order valence-electron chi connectivity index (χ1n) is 3.58. The van der Waals surface area contributed by atoms with Gasteiger partial charge in [0.2, 0.25) is 0 Å². The van der Waals surface area contributed by atoms with E-state index in [2.05, 4.69) is 6.58 Å². The monoisotopic (exact) mass is 176 g/mol. The molecule has 4 heteroatoms. The Morgan fingerprint density at radius 2 is 2.27 bits per heavy atom. The fourth-order valence-electron chi connectivity index (χ4n) is 1.35. The van der Waals surface area contributed by atoms with Crippen molar-refractivity contribution in [1.82, 2.24) is 0 Å². The molecule has 0 bridgehead atoms. The standard InChI is InChI=1S/C7H12O3S/c1-6(5-8)7-3-2-4-11(7,9)10/h7-8H,1-5H2. The predicted octanol–water partition coefficient (Wildman–Crippen LogP) is 0.112. The van der Waals surface area contributed by atoms with Gasteiger partial charge < -0.3 is 5.11 Å². The van der Waals surface area contributed by atoms with Crippen molar-refractivity contribution in [1.29, 1.82) is 0 Å². The molecule has 0 aromatic carbocycles. The highest BCUT2D eigenvalue weighted by Crippen LogP contribution is 2.24. The van der Waals surface area contributed by atoms with E-state index in [-0.39, 0.29) is 12.4 Å². The van der Waals surface area contributed by atoms with Crippen LogP contribution in [-0.2, 0) is 9.84 Å². The van der Waals surface area contributed by atoms with Crippen LogP contribution in [0.5, 0.6) is 0 Å². The molecule has 1 atom stereocenters. The third-order valence-electron chi connectivity index (χ3n) is 1.99. The van der Waals surface area contributed by atoms with Crippen LogP contribution in [-0.4, -0.2) is 31.1 Å². The van der Waals surface area contributed by atoms with E-state index >= 15 is 0 Å². The van der Waals surface area contributed by atoms with Crippen LogP contribution in [0.25, 0.3) is 0 Å². The van der Waals surface area contributed by atoms with Crippen LogP contribution in [0.15, 0.2) is 12.2 Å². The molecule has 1 aliphatic heterocycles. The zero-order valence-electron chi connectivity index (χ0n) is 6.28. The number of hydrogen-bond acceptors (Lipinski definition) is 3. The lowest BCUT2D eigenvalue weighted by Gasteiger charge is -2.08. The van der Waals surface area contributed by atoms with Crippen LogP contribution >= 0.6 is 0 Å². The second kappa shape index (κ2) is 2.95. The van der Waals surface area contributed by atoms with Gasteiger partial charge in [-0.15, -0.1) is 0 Å². The summed E-state index contributed by atoms with van der Waals surface area (Å²) in [6.45, 7) is 3.30. The largest absolute Gasteiger partial charge is 0.392 e. The predicted molar refractivity (Wildman–Crippen MR) is 43.0 cm³/mol. The van der Waals surface area contributed by atoms with Gasteiger partial charge in [-0.2, -0.15) is 0 Å². The number of aliphatic hydroxyl groups is 1. The molecule has 1 saturated heterocycles. The van der Waals surface area contributed by atoms with E-state index in [1.807, 2.05) is 0 Å². The minimum atomic E-state index is -2.96. The molecular formula is C7H12O3S. The molecule has 1 rings (SSSR count). The van der Waals surface area contributed by atoms with E-state index in [4.69, 9.17) is 5.11 Å². The SMILES string of the molecule is C=C(CO)C1CCCS1(=O)=O. The summed E-state index contributed by atoms with van der Waals surface area (Å²) in [5.74, 6) is 0.247. The molecule has 3 nitrogen and oxygen atoms in total. The summed E-state index contributed by atoms with van der Waals surface area (Å²) in [6, 6.07) is 0. The molecule has 0 aromatic heterocycles. The Balaban J connectivity index is 2.82. The van der Waals surface area contributed by atoms with Gasteiger partial charge in [0, 0.05) is 0 Å². The normalized spacial score (nSPS) is 28.6. The van der Waals surface area contributed by atoms with Crippen LogP contribution < -0.4 is 0 Å². The molecule has 0 spiro atoms. The Bertz CT molecular complexity index is 253. The van der Waals surface area contributed by atoms with Crippen molar-refractivity contribution in [2.45, 2.75) is 18.1 Å². The molecule has 64 valence electrons. The van der Waals surface area contributed by atoms with E-state index in [1.165, 1.54) is 0 Å². The van der Waals surface area contributed by atoms with Crippen LogP contribution in [0, 0.1) is 0 Å². The van der Waals surface area contributed by atoms with Crippen molar-refractivity contribution in [3.05, 3.63) is 12.2 Å². The average molecular weight is 176 g/mol. The maximum atomic E-state index is 11.2. The number of sulfone groups is 1. The van der Waals surface area contributed by atoms with Gasteiger partial charge in [-0.1, -0.05) is 6.58 Å². The van der Waals surface area contributed by atoms with Gasteiger partial charge in [0.05, 0.1) is 17.6 Å². The van der Waals surface area contributed by atoms with Crippen LogP contribution in [0.1, 0.15) is 12.8 Å². The van der Waals surface area contributed by atoms with Crippen molar-refractivity contribution in [2.24, 2.45) is 0 Å². The molecule has 1 heterocycles. The van der Waals surface area contributed by atoms with E-state index in [1.54, 1.807) is 0 Å². The zero-order chi connectivity index (χ0) is 8.48. The number of aliphatic hydroxyl groups excluding tert-OH is 1. The van der Waals surface area contributed by atoms with E-state index in [9.17, 15) is 8.42 Å². The zero-order valence-corrected chi connectivity index (χ0v) is 7.10. The van der Waals surface area contributed by atoms with Gasteiger partial charge in [-0.25, -0.2) is 8.42 Å². The Kier molecular flexibility index (Phi) is 2.34. The topological polar surface area (TPSA) is 54.4 Å². The second-order valence-electron chi connectivity index (χ2n) is 2.81. The summed E-state index contributed by atoms with van der Waals surface area (Å²) in [4.78, 5) is 0. The van der Waals surface area contributed by atoms with E-state index < -0.39 is 15.1 Å². The third-order valence-corrected chi connectivity index (χ3v) is 4.28. The van der Waals surface area contributed by atoms with Crippen LogP contribution in [0.4, 0.5) is 0 Å². The summed E-state index contributed by atoms with van der Waals surface area (Å²) in [6.07, 6.45) is 1.33. The molecule has 1 unspecified atom stereocenters. The van der Waals surface area contributed by atoms with Crippen molar-refractivity contribution >= 4 is 9.84 Å². The molecule has 0 radical (unpaired) electrons.